The number of hydrogen-bond donors (Lipinski definition) is 2. The minimum Gasteiger partial charge on any atom is -0.491 e. The Morgan fingerprint density at radius 3 is 2.15 bits per heavy atom. The van der Waals surface area contributed by atoms with Crippen molar-refractivity contribution in [3.8, 4) is 5.75 Å². The first-order chi connectivity index (χ1) is 12.2. The number of carboxylic acids is 1. The van der Waals surface area contributed by atoms with E-state index in [1.807, 2.05) is 19.1 Å². The zero-order valence-corrected chi connectivity index (χ0v) is 16.2. The van der Waals surface area contributed by atoms with E-state index in [2.05, 4.69) is 38.2 Å². The van der Waals surface area contributed by atoms with Gasteiger partial charge in [-0.05, 0) is 55.7 Å². The Morgan fingerprint density at radius 1 is 1.12 bits per heavy atom. The maximum absolute atomic E-state index is 12.3. The number of benzene rings is 1. The molecule has 0 radical (unpaired) electrons. The normalized spacial score (nSPS) is 21.7. The Kier molecular flexibility index (Phi) is 6.68. The van der Waals surface area contributed by atoms with E-state index in [0.717, 1.165) is 5.75 Å². The molecule has 1 atom stereocenters. The van der Waals surface area contributed by atoms with Gasteiger partial charge in [-0.1, -0.05) is 32.9 Å². The molecule has 0 aromatic heterocycles. The number of ether oxygens (including phenoxy) is 1. The maximum Gasteiger partial charge on any atom is 0.306 e. The molecular weight excluding hydrogens is 330 g/mol. The number of hydrogen-bond acceptors (Lipinski definition) is 3. The summed E-state index contributed by atoms with van der Waals surface area (Å²) in [6, 6.07) is 7.96. The molecule has 5 nitrogen and oxygen atoms in total. The van der Waals surface area contributed by atoms with Gasteiger partial charge in [-0.25, -0.2) is 0 Å². The summed E-state index contributed by atoms with van der Waals surface area (Å²) in [7, 11) is 0. The Hall–Kier alpha value is -2.04. The summed E-state index contributed by atoms with van der Waals surface area (Å²) in [5.74, 6) is -0.327. The maximum atomic E-state index is 12.3. The second kappa shape index (κ2) is 8.56. The van der Waals surface area contributed by atoms with Crippen molar-refractivity contribution < 1.29 is 19.4 Å². The minimum atomic E-state index is -0.747. The highest BCUT2D eigenvalue weighted by Gasteiger charge is 2.30. The fourth-order valence-electron chi connectivity index (χ4n) is 3.28. The first-order valence-corrected chi connectivity index (χ1v) is 9.43. The van der Waals surface area contributed by atoms with Gasteiger partial charge in [0.1, 0.15) is 12.4 Å². The molecule has 1 aromatic rings. The number of aliphatic carboxylic acids is 1. The molecule has 1 amide bonds. The SMILES string of the molecule is CC(COc1ccc(C(C)(C)C)cc1)NC(=O)C1CCC(C(=O)O)CC1. The number of rotatable bonds is 6. The minimum absolute atomic E-state index is 0.00743. The Bertz CT molecular complexity index is 610. The summed E-state index contributed by atoms with van der Waals surface area (Å²) in [5, 5.41) is 12.0. The number of carboxylic acid groups (broad SMARTS) is 1. The quantitative estimate of drug-likeness (QED) is 0.809. The number of amides is 1. The van der Waals surface area contributed by atoms with Crippen molar-refractivity contribution in [1.29, 1.82) is 0 Å². The van der Waals surface area contributed by atoms with Crippen LogP contribution in [0.5, 0.6) is 5.75 Å². The second-order valence-electron chi connectivity index (χ2n) is 8.38. The van der Waals surface area contributed by atoms with E-state index in [-0.39, 0.29) is 29.2 Å². The van der Waals surface area contributed by atoms with E-state index < -0.39 is 5.97 Å². The molecule has 2 N–H and O–H groups in total. The van der Waals surface area contributed by atoms with Crippen LogP contribution in [-0.2, 0) is 15.0 Å². The van der Waals surface area contributed by atoms with Gasteiger partial charge in [0, 0.05) is 5.92 Å². The van der Waals surface area contributed by atoms with Crippen molar-refractivity contribution in [3.63, 3.8) is 0 Å². The van der Waals surface area contributed by atoms with Crippen molar-refractivity contribution in [2.75, 3.05) is 6.61 Å². The lowest BCUT2D eigenvalue weighted by Gasteiger charge is -2.26. The Balaban J connectivity index is 1.75. The van der Waals surface area contributed by atoms with Crippen LogP contribution >= 0.6 is 0 Å². The van der Waals surface area contributed by atoms with Gasteiger partial charge < -0.3 is 15.2 Å². The topological polar surface area (TPSA) is 75.6 Å². The van der Waals surface area contributed by atoms with E-state index in [9.17, 15) is 9.59 Å². The summed E-state index contributed by atoms with van der Waals surface area (Å²) in [4.78, 5) is 23.3. The van der Waals surface area contributed by atoms with Crippen LogP contribution in [0.25, 0.3) is 0 Å². The molecule has 1 aliphatic carbocycles. The molecule has 1 aromatic carbocycles. The molecule has 5 heteroatoms. The summed E-state index contributed by atoms with van der Waals surface area (Å²) in [5.41, 5.74) is 1.36. The van der Waals surface area contributed by atoms with Crippen LogP contribution in [0.4, 0.5) is 0 Å². The number of nitrogens with one attached hydrogen (secondary N) is 1. The van der Waals surface area contributed by atoms with E-state index in [0.29, 0.717) is 32.3 Å². The smallest absolute Gasteiger partial charge is 0.306 e. The van der Waals surface area contributed by atoms with Gasteiger partial charge >= 0.3 is 5.97 Å². The third-order valence-electron chi connectivity index (χ3n) is 5.06. The second-order valence-corrected chi connectivity index (χ2v) is 8.38. The van der Waals surface area contributed by atoms with Gasteiger partial charge in [0.15, 0.2) is 0 Å². The lowest BCUT2D eigenvalue weighted by Crippen LogP contribution is -2.41. The monoisotopic (exact) mass is 361 g/mol. The Labute approximate surface area is 156 Å². The van der Waals surface area contributed by atoms with Crippen LogP contribution in [0.2, 0.25) is 0 Å². The van der Waals surface area contributed by atoms with Gasteiger partial charge in [-0.15, -0.1) is 0 Å². The molecule has 144 valence electrons. The van der Waals surface area contributed by atoms with Crippen LogP contribution in [0, 0.1) is 11.8 Å². The van der Waals surface area contributed by atoms with Crippen LogP contribution in [0.3, 0.4) is 0 Å². The molecular formula is C21H31NO4. The van der Waals surface area contributed by atoms with Crippen LogP contribution in [-0.4, -0.2) is 29.6 Å². The molecule has 0 heterocycles. The van der Waals surface area contributed by atoms with E-state index in [4.69, 9.17) is 9.84 Å². The number of carbonyl (C=O) groups is 2. The van der Waals surface area contributed by atoms with Gasteiger partial charge in [-0.2, -0.15) is 0 Å². The van der Waals surface area contributed by atoms with Crippen molar-refractivity contribution >= 4 is 11.9 Å². The average Bonchev–Trinajstić information content (AvgIpc) is 2.59. The highest BCUT2D eigenvalue weighted by Crippen LogP contribution is 2.29. The molecule has 0 bridgehead atoms. The largest absolute Gasteiger partial charge is 0.491 e. The fraction of sp³-hybridized carbons (Fsp3) is 0.619. The zero-order valence-electron chi connectivity index (χ0n) is 16.2. The standard InChI is InChI=1S/C21H31NO4/c1-14(13-26-18-11-9-17(10-12-18)21(2,3)4)22-19(23)15-5-7-16(8-6-15)20(24)25/h9-12,14-16H,5-8,13H2,1-4H3,(H,22,23)(H,24,25). The van der Waals surface area contributed by atoms with Gasteiger partial charge in [0.05, 0.1) is 12.0 Å². The van der Waals surface area contributed by atoms with E-state index in [1.165, 1.54) is 5.56 Å². The lowest BCUT2D eigenvalue weighted by atomic mass is 9.81. The summed E-state index contributed by atoms with van der Waals surface area (Å²) in [6.45, 7) is 8.84. The molecule has 0 saturated heterocycles. The summed E-state index contributed by atoms with van der Waals surface area (Å²) < 4.78 is 5.78. The van der Waals surface area contributed by atoms with Crippen LogP contribution in [0.15, 0.2) is 24.3 Å². The third kappa shape index (κ3) is 5.75. The molecule has 1 aliphatic rings. The van der Waals surface area contributed by atoms with Crippen molar-refractivity contribution in [3.05, 3.63) is 29.8 Å². The molecule has 0 spiro atoms. The fourth-order valence-corrected chi connectivity index (χ4v) is 3.28. The molecule has 1 fully saturated rings. The van der Waals surface area contributed by atoms with Crippen molar-refractivity contribution in [2.24, 2.45) is 11.8 Å². The molecule has 2 rings (SSSR count). The summed E-state index contributed by atoms with van der Waals surface area (Å²) >= 11 is 0. The number of carbonyl (C=O) groups excluding carboxylic acids is 1. The van der Waals surface area contributed by atoms with Crippen LogP contribution in [0.1, 0.15) is 58.9 Å². The van der Waals surface area contributed by atoms with Crippen LogP contribution < -0.4 is 10.1 Å². The molecule has 1 unspecified atom stereocenters. The summed E-state index contributed by atoms with van der Waals surface area (Å²) in [6.07, 6.45) is 2.45. The molecule has 0 aliphatic heterocycles. The lowest BCUT2D eigenvalue weighted by molar-refractivity contribution is -0.144. The zero-order chi connectivity index (χ0) is 19.3. The average molecular weight is 361 g/mol. The third-order valence-corrected chi connectivity index (χ3v) is 5.06. The first kappa shape index (κ1) is 20.3. The van der Waals surface area contributed by atoms with Gasteiger partial charge in [-0.3, -0.25) is 9.59 Å². The van der Waals surface area contributed by atoms with Crippen molar-refractivity contribution in [2.45, 2.75) is 64.8 Å². The predicted octanol–water partition coefficient (Wildman–Crippen LogP) is 3.76. The van der Waals surface area contributed by atoms with E-state index >= 15 is 0 Å². The van der Waals surface area contributed by atoms with Gasteiger partial charge in [0.25, 0.3) is 0 Å². The highest BCUT2D eigenvalue weighted by atomic mass is 16.5. The predicted molar refractivity (Wildman–Crippen MR) is 101 cm³/mol. The Morgan fingerprint density at radius 2 is 1.65 bits per heavy atom. The van der Waals surface area contributed by atoms with E-state index in [1.54, 1.807) is 0 Å². The van der Waals surface area contributed by atoms with Crippen molar-refractivity contribution in [1.82, 2.24) is 5.32 Å². The van der Waals surface area contributed by atoms with Gasteiger partial charge in [0.2, 0.25) is 5.91 Å². The molecule has 26 heavy (non-hydrogen) atoms. The highest BCUT2D eigenvalue weighted by molar-refractivity contribution is 5.79. The first-order valence-electron chi connectivity index (χ1n) is 9.43. The molecule has 1 saturated carbocycles.